The van der Waals surface area contributed by atoms with Gasteiger partial charge >= 0.3 is 12.1 Å². The van der Waals surface area contributed by atoms with Crippen LogP contribution in [0.2, 0.25) is 0 Å². The lowest BCUT2D eigenvalue weighted by Crippen LogP contribution is -2.52. The number of amides is 2. The second-order valence-electron chi connectivity index (χ2n) is 11.6. The van der Waals surface area contributed by atoms with E-state index in [1.54, 1.807) is 6.07 Å². The molecule has 1 atom stereocenters. The first kappa shape index (κ1) is 30.7. The summed E-state index contributed by atoms with van der Waals surface area (Å²) in [7, 11) is 0. The zero-order valence-corrected chi connectivity index (χ0v) is 24.2. The van der Waals surface area contributed by atoms with Gasteiger partial charge in [-0.1, -0.05) is 45.4 Å². The summed E-state index contributed by atoms with van der Waals surface area (Å²) >= 11 is 0. The molecule has 0 radical (unpaired) electrons. The van der Waals surface area contributed by atoms with Gasteiger partial charge in [0.05, 0.1) is 0 Å². The number of fused-ring (bicyclic) bond motifs is 1. The van der Waals surface area contributed by atoms with Crippen molar-refractivity contribution in [1.29, 1.82) is 0 Å². The molecule has 39 heavy (non-hydrogen) atoms. The number of ether oxygens (including phenoxy) is 2. The maximum atomic E-state index is 13.7. The number of aromatic nitrogens is 1. The van der Waals surface area contributed by atoms with E-state index in [1.165, 1.54) is 40.0 Å². The summed E-state index contributed by atoms with van der Waals surface area (Å²) in [6.07, 6.45) is 11.8. The highest BCUT2D eigenvalue weighted by atomic mass is 16.7. The van der Waals surface area contributed by atoms with Crippen molar-refractivity contribution in [3.63, 3.8) is 0 Å². The summed E-state index contributed by atoms with van der Waals surface area (Å²) in [5.74, 6) is -0.926. The van der Waals surface area contributed by atoms with Crippen molar-refractivity contribution in [1.82, 2.24) is 15.2 Å². The van der Waals surface area contributed by atoms with Crippen LogP contribution in [0.4, 0.5) is 4.79 Å². The molecule has 3 rings (SSSR count). The van der Waals surface area contributed by atoms with Crippen molar-refractivity contribution in [2.45, 2.75) is 130 Å². The Morgan fingerprint density at radius 2 is 1.69 bits per heavy atom. The molecule has 1 saturated carbocycles. The molecule has 1 fully saturated rings. The molecule has 9 nitrogen and oxygen atoms in total. The molecule has 0 spiro atoms. The van der Waals surface area contributed by atoms with E-state index in [0.717, 1.165) is 75.5 Å². The number of pyridine rings is 1. The van der Waals surface area contributed by atoms with Gasteiger partial charge in [0.15, 0.2) is 0 Å². The molecule has 1 aromatic heterocycles. The van der Waals surface area contributed by atoms with Gasteiger partial charge in [0.2, 0.25) is 6.29 Å². The zero-order valence-electron chi connectivity index (χ0n) is 24.2. The van der Waals surface area contributed by atoms with Crippen molar-refractivity contribution >= 4 is 18.0 Å². The van der Waals surface area contributed by atoms with Gasteiger partial charge in [0, 0.05) is 25.7 Å². The van der Waals surface area contributed by atoms with Crippen molar-refractivity contribution in [3.05, 3.63) is 33.2 Å². The van der Waals surface area contributed by atoms with Crippen LogP contribution in [0.5, 0.6) is 0 Å². The van der Waals surface area contributed by atoms with Gasteiger partial charge < -0.3 is 24.7 Å². The predicted molar refractivity (Wildman–Crippen MR) is 150 cm³/mol. The molecule has 2 aliphatic rings. The Labute approximate surface area is 232 Å². The molecule has 2 amide bonds. The zero-order chi connectivity index (χ0) is 28.4. The lowest BCUT2D eigenvalue weighted by molar-refractivity contribution is -0.171. The van der Waals surface area contributed by atoms with Crippen molar-refractivity contribution in [2.24, 2.45) is 5.92 Å². The maximum absolute atomic E-state index is 13.7. The SMILES string of the molecule is CCCCNC(=O)OC(C)OC(=O)C(C)(C)NC(=O)c1cc2c(n(CC3CCCCC3)c1=O)CCCCCC2. The first-order valence-electron chi connectivity index (χ1n) is 14.9. The molecule has 2 N–H and O–H groups in total. The highest BCUT2D eigenvalue weighted by Gasteiger charge is 2.35. The fourth-order valence-corrected chi connectivity index (χ4v) is 5.50. The third-order valence-corrected chi connectivity index (χ3v) is 7.79. The summed E-state index contributed by atoms with van der Waals surface area (Å²) in [6.45, 7) is 7.57. The first-order valence-corrected chi connectivity index (χ1v) is 14.9. The van der Waals surface area contributed by atoms with Gasteiger partial charge in [-0.15, -0.1) is 0 Å². The molecule has 1 heterocycles. The topological polar surface area (TPSA) is 116 Å². The Morgan fingerprint density at radius 1 is 1.03 bits per heavy atom. The average Bonchev–Trinajstić information content (AvgIpc) is 2.86. The van der Waals surface area contributed by atoms with Gasteiger partial charge in [-0.25, -0.2) is 9.59 Å². The van der Waals surface area contributed by atoms with Crippen molar-refractivity contribution < 1.29 is 23.9 Å². The van der Waals surface area contributed by atoms with E-state index in [9.17, 15) is 19.2 Å². The van der Waals surface area contributed by atoms with E-state index in [2.05, 4.69) is 10.6 Å². The van der Waals surface area contributed by atoms with Gasteiger partial charge in [-0.2, -0.15) is 0 Å². The van der Waals surface area contributed by atoms with E-state index < -0.39 is 29.8 Å². The van der Waals surface area contributed by atoms with Crippen LogP contribution >= 0.6 is 0 Å². The molecule has 1 unspecified atom stereocenters. The minimum absolute atomic E-state index is 0.0607. The number of rotatable bonds is 10. The molecule has 218 valence electrons. The molecule has 2 aliphatic carbocycles. The fraction of sp³-hybridized carbons (Fsp3) is 0.733. The summed E-state index contributed by atoms with van der Waals surface area (Å²) in [4.78, 5) is 51.9. The number of unbranched alkanes of at least 4 members (excludes halogenated alkanes) is 1. The number of hydrogen-bond acceptors (Lipinski definition) is 6. The molecule has 9 heteroatoms. The highest BCUT2D eigenvalue weighted by molar-refractivity contribution is 5.97. The number of nitrogens with one attached hydrogen (secondary N) is 2. The summed E-state index contributed by atoms with van der Waals surface area (Å²) in [6, 6.07) is 1.74. The van der Waals surface area contributed by atoms with Crippen molar-refractivity contribution in [2.75, 3.05) is 6.54 Å². The van der Waals surface area contributed by atoms with Crippen LogP contribution in [0.3, 0.4) is 0 Å². The van der Waals surface area contributed by atoms with E-state index in [-0.39, 0.29) is 11.1 Å². The number of nitrogens with zero attached hydrogens (tertiary/aromatic N) is 1. The second-order valence-corrected chi connectivity index (χ2v) is 11.6. The van der Waals surface area contributed by atoms with Crippen LogP contribution in [0.15, 0.2) is 10.9 Å². The van der Waals surface area contributed by atoms with E-state index in [1.807, 2.05) is 11.5 Å². The first-order chi connectivity index (χ1) is 18.6. The number of aryl methyl sites for hydroxylation is 1. The Kier molecular flexibility index (Phi) is 11.4. The van der Waals surface area contributed by atoms with Crippen LogP contribution in [0, 0.1) is 5.92 Å². The Balaban J connectivity index is 1.76. The number of hydrogen-bond donors (Lipinski definition) is 2. The lowest BCUT2D eigenvalue weighted by Gasteiger charge is -2.28. The molecule has 0 saturated heterocycles. The molecule has 0 bridgehead atoms. The quantitative estimate of drug-likeness (QED) is 0.243. The number of esters is 1. The largest absolute Gasteiger partial charge is 0.424 e. The van der Waals surface area contributed by atoms with E-state index in [4.69, 9.17) is 9.47 Å². The predicted octanol–water partition coefficient (Wildman–Crippen LogP) is 5.01. The summed E-state index contributed by atoms with van der Waals surface area (Å²) in [5.41, 5.74) is 0.459. The molecule has 1 aromatic rings. The fourth-order valence-electron chi connectivity index (χ4n) is 5.50. The third kappa shape index (κ3) is 8.83. The average molecular weight is 546 g/mol. The van der Waals surface area contributed by atoms with E-state index >= 15 is 0 Å². The van der Waals surface area contributed by atoms with E-state index in [0.29, 0.717) is 19.0 Å². The number of alkyl carbamates (subject to hydrolysis) is 1. The minimum Gasteiger partial charge on any atom is -0.424 e. The van der Waals surface area contributed by atoms with Crippen LogP contribution < -0.4 is 16.2 Å². The normalized spacial score (nSPS) is 17.2. The Hall–Kier alpha value is -2.84. The second kappa shape index (κ2) is 14.5. The van der Waals surface area contributed by atoms with Gasteiger partial charge in [0.1, 0.15) is 11.1 Å². The lowest BCUT2D eigenvalue weighted by atomic mass is 9.88. The molecule has 0 aliphatic heterocycles. The van der Waals surface area contributed by atoms with Gasteiger partial charge in [0.25, 0.3) is 11.5 Å². The molecular formula is C30H47N3O6. The number of carbonyl (C=O) groups excluding carboxylic acids is 3. The minimum atomic E-state index is -1.45. The van der Waals surface area contributed by atoms with Crippen LogP contribution in [0.1, 0.15) is 120 Å². The number of carbonyl (C=O) groups is 3. The molecular weight excluding hydrogens is 498 g/mol. The smallest absolute Gasteiger partial charge is 0.410 e. The Morgan fingerprint density at radius 3 is 2.38 bits per heavy atom. The van der Waals surface area contributed by atoms with Gasteiger partial charge in [-0.05, 0) is 76.3 Å². The van der Waals surface area contributed by atoms with Crippen LogP contribution in [-0.2, 0) is 33.7 Å². The highest BCUT2D eigenvalue weighted by Crippen LogP contribution is 2.27. The van der Waals surface area contributed by atoms with Crippen LogP contribution in [-0.4, -0.2) is 40.9 Å². The summed E-state index contributed by atoms with van der Waals surface area (Å²) < 4.78 is 12.2. The summed E-state index contributed by atoms with van der Waals surface area (Å²) in [5, 5.41) is 5.29. The molecule has 0 aromatic carbocycles. The third-order valence-electron chi connectivity index (χ3n) is 7.79. The van der Waals surface area contributed by atoms with Gasteiger partial charge in [-0.3, -0.25) is 9.59 Å². The standard InChI is InChI=1S/C30H47N3O6/c1-5-6-18-31-29(37)39-21(2)38-28(36)30(3,4)32-26(34)24-19-23-16-12-7-8-13-17-25(23)33(27(24)35)20-22-14-10-9-11-15-22/h19,21-22H,5-18,20H2,1-4H3,(H,31,37)(H,32,34). The van der Waals surface area contributed by atoms with Crippen LogP contribution in [0.25, 0.3) is 0 Å². The Bertz CT molecular complexity index is 1060. The maximum Gasteiger partial charge on any atom is 0.410 e. The monoisotopic (exact) mass is 545 g/mol. The van der Waals surface area contributed by atoms with Crippen molar-refractivity contribution in [3.8, 4) is 0 Å².